The van der Waals surface area contributed by atoms with Gasteiger partial charge in [0.25, 0.3) is 0 Å². The van der Waals surface area contributed by atoms with Gasteiger partial charge in [-0.25, -0.2) is 4.98 Å². The second-order valence-corrected chi connectivity index (χ2v) is 9.95. The summed E-state index contributed by atoms with van der Waals surface area (Å²) in [5.74, 6) is 2.50. The van der Waals surface area contributed by atoms with Gasteiger partial charge >= 0.3 is 0 Å². The SMILES string of the molecule is CCC(C)c1ccc(OCCCn2c(C3CC(=O)N(c4ccccc4Cl)C3)nc3ccccc32)cc1. The Labute approximate surface area is 217 Å². The lowest BCUT2D eigenvalue weighted by Crippen LogP contribution is -2.24. The lowest BCUT2D eigenvalue weighted by Gasteiger charge is -2.18. The number of halogens is 1. The third kappa shape index (κ3) is 4.98. The summed E-state index contributed by atoms with van der Waals surface area (Å²) in [5.41, 5.74) is 4.16. The van der Waals surface area contributed by atoms with E-state index in [0.717, 1.165) is 47.7 Å². The summed E-state index contributed by atoms with van der Waals surface area (Å²) in [6.45, 7) is 6.42. The highest BCUT2D eigenvalue weighted by Gasteiger charge is 2.35. The second-order valence-electron chi connectivity index (χ2n) is 9.55. The molecule has 3 aromatic carbocycles. The highest BCUT2D eigenvalue weighted by Crippen LogP contribution is 2.36. The molecule has 1 aliphatic heterocycles. The topological polar surface area (TPSA) is 47.4 Å². The van der Waals surface area contributed by atoms with Gasteiger partial charge in [-0.2, -0.15) is 0 Å². The monoisotopic (exact) mass is 501 g/mol. The number of hydrogen-bond donors (Lipinski definition) is 0. The van der Waals surface area contributed by atoms with Gasteiger partial charge in [0.05, 0.1) is 28.4 Å². The summed E-state index contributed by atoms with van der Waals surface area (Å²) < 4.78 is 8.31. The van der Waals surface area contributed by atoms with E-state index in [1.54, 1.807) is 4.90 Å². The highest BCUT2D eigenvalue weighted by molar-refractivity contribution is 6.33. The number of para-hydroxylation sites is 3. The molecule has 36 heavy (non-hydrogen) atoms. The number of carbonyl (C=O) groups excluding carboxylic acids is 1. The number of aromatic nitrogens is 2. The zero-order valence-corrected chi connectivity index (χ0v) is 21.6. The molecule has 5 rings (SSSR count). The van der Waals surface area contributed by atoms with Crippen LogP contribution in [0.3, 0.4) is 0 Å². The molecule has 6 heteroatoms. The maximum atomic E-state index is 12.9. The van der Waals surface area contributed by atoms with Crippen molar-refractivity contribution < 1.29 is 9.53 Å². The van der Waals surface area contributed by atoms with Crippen molar-refractivity contribution in [2.45, 2.75) is 51.5 Å². The van der Waals surface area contributed by atoms with Crippen LogP contribution in [0.15, 0.2) is 72.8 Å². The smallest absolute Gasteiger partial charge is 0.227 e. The largest absolute Gasteiger partial charge is 0.494 e. The van der Waals surface area contributed by atoms with Gasteiger partial charge in [0.1, 0.15) is 11.6 Å². The molecule has 5 nitrogen and oxygen atoms in total. The predicted molar refractivity (Wildman–Crippen MR) is 146 cm³/mol. The summed E-state index contributed by atoms with van der Waals surface area (Å²) in [6.07, 6.45) is 2.40. The highest BCUT2D eigenvalue weighted by atomic mass is 35.5. The Morgan fingerprint density at radius 3 is 2.58 bits per heavy atom. The minimum atomic E-state index is 0.00944. The molecule has 1 aromatic heterocycles. The lowest BCUT2D eigenvalue weighted by molar-refractivity contribution is -0.117. The Bertz CT molecular complexity index is 1350. The van der Waals surface area contributed by atoms with Gasteiger partial charge in [0, 0.05) is 25.4 Å². The maximum absolute atomic E-state index is 12.9. The molecule has 0 bridgehead atoms. The Morgan fingerprint density at radius 1 is 1.06 bits per heavy atom. The number of carbonyl (C=O) groups is 1. The standard InChI is InChI=1S/C30H32ClN3O2/c1-3-21(2)22-13-15-24(16-14-22)36-18-8-17-33-28-12-7-5-10-26(28)32-30(33)23-19-29(35)34(20-23)27-11-6-4-9-25(27)31/h4-7,9-16,21,23H,3,8,17-20H2,1-2H3. The zero-order valence-electron chi connectivity index (χ0n) is 20.9. The van der Waals surface area contributed by atoms with Gasteiger partial charge in [-0.05, 0) is 60.7 Å². The number of aryl methyl sites for hydroxylation is 1. The average Bonchev–Trinajstić information content (AvgIpc) is 3.47. The number of hydrogen-bond acceptors (Lipinski definition) is 3. The number of fused-ring (bicyclic) bond motifs is 1. The fraction of sp³-hybridized carbons (Fsp3) is 0.333. The molecule has 1 aliphatic rings. The summed E-state index contributed by atoms with van der Waals surface area (Å²) >= 11 is 6.40. The number of ether oxygens (including phenoxy) is 1. The first kappa shape index (κ1) is 24.4. The van der Waals surface area contributed by atoms with Crippen LogP contribution in [0.4, 0.5) is 5.69 Å². The van der Waals surface area contributed by atoms with E-state index < -0.39 is 0 Å². The van der Waals surface area contributed by atoms with E-state index in [0.29, 0.717) is 30.5 Å². The molecule has 0 spiro atoms. The predicted octanol–water partition coefficient (Wildman–Crippen LogP) is 7.19. The number of anilines is 1. The second kappa shape index (κ2) is 10.8. The molecular formula is C30H32ClN3O2. The quantitative estimate of drug-likeness (QED) is 0.228. The summed E-state index contributed by atoms with van der Waals surface area (Å²) in [7, 11) is 0. The maximum Gasteiger partial charge on any atom is 0.227 e. The van der Waals surface area contributed by atoms with Crippen LogP contribution in [0.2, 0.25) is 5.02 Å². The molecule has 2 atom stereocenters. The first-order valence-electron chi connectivity index (χ1n) is 12.8. The number of imidazole rings is 1. The van der Waals surface area contributed by atoms with Crippen molar-refractivity contribution >= 4 is 34.2 Å². The van der Waals surface area contributed by atoms with E-state index in [9.17, 15) is 4.79 Å². The van der Waals surface area contributed by atoms with Crippen molar-refractivity contribution in [3.8, 4) is 5.75 Å². The minimum Gasteiger partial charge on any atom is -0.494 e. The molecule has 2 heterocycles. The van der Waals surface area contributed by atoms with Crippen LogP contribution in [0.1, 0.15) is 56.3 Å². The van der Waals surface area contributed by atoms with Crippen LogP contribution < -0.4 is 9.64 Å². The minimum absolute atomic E-state index is 0.00944. The van der Waals surface area contributed by atoms with Crippen molar-refractivity contribution in [3.63, 3.8) is 0 Å². The van der Waals surface area contributed by atoms with Crippen LogP contribution >= 0.6 is 11.6 Å². The molecule has 1 amide bonds. The van der Waals surface area contributed by atoms with Gasteiger partial charge in [0.2, 0.25) is 5.91 Å². The van der Waals surface area contributed by atoms with Gasteiger partial charge in [0.15, 0.2) is 0 Å². The molecule has 4 aromatic rings. The molecule has 1 fully saturated rings. The van der Waals surface area contributed by atoms with Gasteiger partial charge in [-0.15, -0.1) is 0 Å². The average molecular weight is 502 g/mol. The van der Waals surface area contributed by atoms with Gasteiger partial charge in [-0.3, -0.25) is 4.79 Å². The van der Waals surface area contributed by atoms with E-state index in [2.05, 4.69) is 48.7 Å². The summed E-state index contributed by atoms with van der Waals surface area (Å²) in [4.78, 5) is 19.7. The number of amides is 1. The molecule has 186 valence electrons. The van der Waals surface area contributed by atoms with Crippen molar-refractivity contribution in [1.82, 2.24) is 9.55 Å². The summed E-state index contributed by atoms with van der Waals surface area (Å²) in [6, 6.07) is 24.1. The Balaban J connectivity index is 1.30. The van der Waals surface area contributed by atoms with Crippen molar-refractivity contribution in [1.29, 1.82) is 0 Å². The van der Waals surface area contributed by atoms with E-state index in [4.69, 9.17) is 21.3 Å². The van der Waals surface area contributed by atoms with E-state index in [-0.39, 0.29) is 11.8 Å². The van der Waals surface area contributed by atoms with Crippen molar-refractivity contribution in [2.75, 3.05) is 18.1 Å². The number of nitrogens with zero attached hydrogens (tertiary/aromatic N) is 3. The number of rotatable bonds is 9. The molecule has 2 unspecified atom stereocenters. The van der Waals surface area contributed by atoms with Crippen molar-refractivity contribution in [3.05, 3.63) is 89.2 Å². The Hall–Kier alpha value is -3.31. The molecule has 0 radical (unpaired) electrons. The van der Waals surface area contributed by atoms with Gasteiger partial charge < -0.3 is 14.2 Å². The zero-order chi connectivity index (χ0) is 25.1. The first-order valence-corrected chi connectivity index (χ1v) is 13.2. The third-order valence-electron chi connectivity index (χ3n) is 7.17. The fourth-order valence-corrected chi connectivity index (χ4v) is 5.20. The first-order chi connectivity index (χ1) is 17.5. The van der Waals surface area contributed by atoms with Crippen LogP contribution in [-0.4, -0.2) is 28.6 Å². The Kier molecular flexibility index (Phi) is 7.28. The fourth-order valence-electron chi connectivity index (χ4n) is 4.97. The van der Waals surface area contributed by atoms with Gasteiger partial charge in [-0.1, -0.05) is 61.8 Å². The lowest BCUT2D eigenvalue weighted by atomic mass is 9.99. The number of benzene rings is 3. The molecular weight excluding hydrogens is 470 g/mol. The molecule has 1 saturated heterocycles. The molecule has 0 N–H and O–H groups in total. The molecule has 0 saturated carbocycles. The van der Waals surface area contributed by atoms with Crippen LogP contribution in [-0.2, 0) is 11.3 Å². The molecule has 0 aliphatic carbocycles. The van der Waals surface area contributed by atoms with E-state index in [1.807, 2.05) is 42.5 Å². The van der Waals surface area contributed by atoms with Crippen LogP contribution in [0.5, 0.6) is 5.75 Å². The Morgan fingerprint density at radius 2 is 1.81 bits per heavy atom. The van der Waals surface area contributed by atoms with Crippen LogP contribution in [0.25, 0.3) is 11.0 Å². The van der Waals surface area contributed by atoms with E-state index >= 15 is 0 Å². The summed E-state index contributed by atoms with van der Waals surface area (Å²) in [5, 5.41) is 0.592. The van der Waals surface area contributed by atoms with Crippen molar-refractivity contribution in [2.24, 2.45) is 0 Å². The third-order valence-corrected chi connectivity index (χ3v) is 7.49. The van der Waals surface area contributed by atoms with E-state index in [1.165, 1.54) is 5.56 Å². The van der Waals surface area contributed by atoms with Crippen LogP contribution in [0, 0.1) is 0 Å². The normalized spacial score (nSPS) is 16.6.